The van der Waals surface area contributed by atoms with E-state index in [0.717, 1.165) is 11.4 Å². The monoisotopic (exact) mass is 294 g/mol. The molecule has 1 atom stereocenters. The van der Waals surface area contributed by atoms with Crippen LogP contribution in [-0.4, -0.2) is 25.9 Å². The number of rotatable bonds is 4. The summed E-state index contributed by atoms with van der Waals surface area (Å²) in [6.45, 7) is 1.95. The molecule has 0 aliphatic rings. The number of H-pyrrole nitrogens is 2. The van der Waals surface area contributed by atoms with Gasteiger partial charge >= 0.3 is 0 Å². The molecule has 2 N–H and O–H groups in total. The number of carbonyl (C=O) groups is 1. The van der Waals surface area contributed by atoms with Gasteiger partial charge in [0.15, 0.2) is 0 Å². The van der Waals surface area contributed by atoms with Crippen LogP contribution in [0.1, 0.15) is 40.3 Å². The van der Waals surface area contributed by atoms with E-state index in [1.807, 2.05) is 13.0 Å². The Kier molecular flexibility index (Phi) is 3.65. The third kappa shape index (κ3) is 2.71. The quantitative estimate of drug-likeness (QED) is 0.719. The number of pyridine rings is 1. The number of nitrogens with zero attached hydrogens (tertiary/aromatic N) is 2. The van der Waals surface area contributed by atoms with Crippen molar-refractivity contribution in [1.29, 1.82) is 0 Å². The molecule has 0 saturated heterocycles. The minimum atomic E-state index is -0.240. The van der Waals surface area contributed by atoms with Crippen LogP contribution in [0.3, 0.4) is 0 Å². The van der Waals surface area contributed by atoms with E-state index in [4.69, 9.17) is 0 Å². The van der Waals surface area contributed by atoms with Crippen molar-refractivity contribution in [2.45, 2.75) is 12.8 Å². The number of carbonyl (C=O) groups excluding carboxylic acids is 1. The molecule has 6 heteroatoms. The molecular formula is C16H14N4O2. The van der Waals surface area contributed by atoms with Crippen LogP contribution in [0.2, 0.25) is 0 Å². The second-order valence-electron chi connectivity index (χ2n) is 4.96. The van der Waals surface area contributed by atoms with E-state index in [2.05, 4.69) is 20.2 Å². The van der Waals surface area contributed by atoms with E-state index in [0.29, 0.717) is 11.3 Å². The van der Waals surface area contributed by atoms with E-state index in [1.165, 1.54) is 6.07 Å². The standard InChI is InChI=1S/C16H14N4O2/c1-10(13-4-5-15(21)20-19-13)12-2-3-14(18-12)16(22)11-6-8-17-9-7-11/h2-10,18H,1H3,(H,20,21). The fourth-order valence-corrected chi connectivity index (χ4v) is 2.21. The Bertz CT molecular complexity index is 831. The molecule has 0 amide bonds. The van der Waals surface area contributed by atoms with Crippen LogP contribution in [0.15, 0.2) is 53.6 Å². The normalized spacial score (nSPS) is 12.0. The van der Waals surface area contributed by atoms with Crippen LogP contribution >= 0.6 is 0 Å². The average Bonchev–Trinajstić information content (AvgIpc) is 3.05. The first-order chi connectivity index (χ1) is 10.6. The molecule has 0 saturated carbocycles. The predicted octanol–water partition coefficient (Wildman–Crippen LogP) is 1.88. The maximum atomic E-state index is 12.3. The minimum Gasteiger partial charge on any atom is -0.355 e. The third-order valence-electron chi connectivity index (χ3n) is 3.51. The van der Waals surface area contributed by atoms with Crippen molar-refractivity contribution in [2.24, 2.45) is 0 Å². The van der Waals surface area contributed by atoms with Gasteiger partial charge in [-0.1, -0.05) is 6.92 Å². The molecule has 1 unspecified atom stereocenters. The zero-order chi connectivity index (χ0) is 15.5. The lowest BCUT2D eigenvalue weighted by molar-refractivity contribution is 0.103. The number of aromatic nitrogens is 4. The molecule has 3 heterocycles. The molecule has 0 radical (unpaired) electrons. The van der Waals surface area contributed by atoms with Crippen molar-refractivity contribution in [3.05, 3.63) is 81.8 Å². The summed E-state index contributed by atoms with van der Waals surface area (Å²) in [5, 5.41) is 6.43. The first-order valence-corrected chi connectivity index (χ1v) is 6.84. The van der Waals surface area contributed by atoms with Gasteiger partial charge in [0, 0.05) is 35.6 Å². The first-order valence-electron chi connectivity index (χ1n) is 6.84. The molecule has 0 fully saturated rings. The zero-order valence-corrected chi connectivity index (χ0v) is 11.9. The Morgan fingerprint density at radius 1 is 1.09 bits per heavy atom. The minimum absolute atomic E-state index is 0.0594. The number of nitrogens with one attached hydrogen (secondary N) is 2. The maximum Gasteiger partial charge on any atom is 0.264 e. The molecule has 6 nitrogen and oxygen atoms in total. The molecule has 3 aromatic rings. The van der Waals surface area contributed by atoms with Crippen molar-refractivity contribution in [2.75, 3.05) is 0 Å². The molecule has 22 heavy (non-hydrogen) atoms. The van der Waals surface area contributed by atoms with Crippen molar-refractivity contribution in [1.82, 2.24) is 20.2 Å². The van der Waals surface area contributed by atoms with E-state index >= 15 is 0 Å². The summed E-state index contributed by atoms with van der Waals surface area (Å²) in [5.74, 6) is -0.147. The smallest absolute Gasteiger partial charge is 0.264 e. The molecule has 0 aliphatic heterocycles. The largest absolute Gasteiger partial charge is 0.355 e. The molecule has 0 bridgehead atoms. The van der Waals surface area contributed by atoms with Gasteiger partial charge in [-0.15, -0.1) is 0 Å². The molecule has 0 aromatic carbocycles. The van der Waals surface area contributed by atoms with Gasteiger partial charge in [-0.2, -0.15) is 5.10 Å². The van der Waals surface area contributed by atoms with Gasteiger partial charge in [-0.25, -0.2) is 5.10 Å². The van der Waals surface area contributed by atoms with Gasteiger partial charge in [-0.05, 0) is 30.3 Å². The summed E-state index contributed by atoms with van der Waals surface area (Å²) in [6.07, 6.45) is 3.17. The SMILES string of the molecule is CC(c1ccc(=O)[nH]n1)c1ccc(C(=O)c2ccncc2)[nH]1. The van der Waals surface area contributed by atoms with Crippen molar-refractivity contribution < 1.29 is 4.79 Å². The van der Waals surface area contributed by atoms with Crippen LogP contribution < -0.4 is 5.56 Å². The highest BCUT2D eigenvalue weighted by molar-refractivity contribution is 6.07. The highest BCUT2D eigenvalue weighted by atomic mass is 16.1. The maximum absolute atomic E-state index is 12.3. The van der Waals surface area contributed by atoms with Gasteiger partial charge in [0.25, 0.3) is 5.56 Å². The van der Waals surface area contributed by atoms with Crippen LogP contribution in [0, 0.1) is 0 Å². The Morgan fingerprint density at radius 3 is 2.55 bits per heavy atom. The van der Waals surface area contributed by atoms with Gasteiger partial charge < -0.3 is 4.98 Å². The summed E-state index contributed by atoms with van der Waals surface area (Å²) in [5.41, 5.74) is 2.44. The van der Waals surface area contributed by atoms with Crippen LogP contribution in [-0.2, 0) is 0 Å². The lowest BCUT2D eigenvalue weighted by atomic mass is 10.0. The second kappa shape index (κ2) is 5.77. The van der Waals surface area contributed by atoms with Crippen LogP contribution in [0.5, 0.6) is 0 Å². The van der Waals surface area contributed by atoms with Crippen LogP contribution in [0.25, 0.3) is 0 Å². The number of hydrogen-bond donors (Lipinski definition) is 2. The van der Waals surface area contributed by atoms with Gasteiger partial charge in [0.1, 0.15) is 0 Å². The Labute approximate surface area is 126 Å². The zero-order valence-electron chi connectivity index (χ0n) is 11.9. The van der Waals surface area contributed by atoms with Crippen molar-refractivity contribution >= 4 is 5.78 Å². The average molecular weight is 294 g/mol. The molecule has 3 rings (SSSR count). The van der Waals surface area contributed by atoms with E-state index in [1.54, 1.807) is 36.7 Å². The topological polar surface area (TPSA) is 91.5 Å². The van der Waals surface area contributed by atoms with E-state index in [-0.39, 0.29) is 17.3 Å². The Morgan fingerprint density at radius 2 is 1.86 bits per heavy atom. The molecule has 0 aliphatic carbocycles. The van der Waals surface area contributed by atoms with E-state index < -0.39 is 0 Å². The summed E-state index contributed by atoms with van der Waals surface area (Å²) in [4.78, 5) is 30.4. The van der Waals surface area contributed by atoms with Crippen molar-refractivity contribution in [3.63, 3.8) is 0 Å². The van der Waals surface area contributed by atoms with Gasteiger partial charge in [-0.3, -0.25) is 14.6 Å². The summed E-state index contributed by atoms with van der Waals surface area (Å²) >= 11 is 0. The third-order valence-corrected chi connectivity index (χ3v) is 3.51. The fourth-order valence-electron chi connectivity index (χ4n) is 2.21. The summed E-state index contributed by atoms with van der Waals surface area (Å²) in [7, 11) is 0. The highest BCUT2D eigenvalue weighted by Gasteiger charge is 2.16. The van der Waals surface area contributed by atoms with Gasteiger partial charge in [0.05, 0.1) is 11.4 Å². The lowest BCUT2D eigenvalue weighted by Gasteiger charge is -2.08. The Hall–Kier alpha value is -3.02. The lowest BCUT2D eigenvalue weighted by Crippen LogP contribution is -2.10. The number of hydrogen-bond acceptors (Lipinski definition) is 4. The van der Waals surface area contributed by atoms with Gasteiger partial charge in [0.2, 0.25) is 5.78 Å². The second-order valence-corrected chi connectivity index (χ2v) is 4.96. The molecule has 110 valence electrons. The number of ketones is 1. The van der Waals surface area contributed by atoms with E-state index in [9.17, 15) is 9.59 Å². The number of aromatic amines is 2. The molecule has 0 spiro atoms. The highest BCUT2D eigenvalue weighted by Crippen LogP contribution is 2.21. The first kappa shape index (κ1) is 13.9. The fraction of sp³-hybridized carbons (Fsp3) is 0.125. The summed E-state index contributed by atoms with van der Waals surface area (Å²) < 4.78 is 0. The molecular weight excluding hydrogens is 280 g/mol. The Balaban J connectivity index is 1.86. The molecule has 3 aromatic heterocycles. The van der Waals surface area contributed by atoms with Crippen molar-refractivity contribution in [3.8, 4) is 0 Å². The predicted molar refractivity (Wildman–Crippen MR) is 80.8 cm³/mol. The van der Waals surface area contributed by atoms with Crippen LogP contribution in [0.4, 0.5) is 0 Å². The summed E-state index contributed by atoms with van der Waals surface area (Å²) in [6, 6.07) is 10.1.